The van der Waals surface area contributed by atoms with E-state index in [4.69, 9.17) is 11.6 Å². The van der Waals surface area contributed by atoms with Gasteiger partial charge in [-0.1, -0.05) is 54.1 Å². The SMILES string of the molecule is C[C@]1(C(=O)Nc2ccc(Cl)cc2C(=O)c2ccccc2)CCCN1Cc1cccc(F)c1. The molecule has 1 saturated heterocycles. The number of benzene rings is 3. The fourth-order valence-electron chi connectivity index (χ4n) is 4.20. The van der Waals surface area contributed by atoms with Gasteiger partial charge in [-0.05, 0) is 62.2 Å². The molecule has 1 aliphatic rings. The fraction of sp³-hybridized carbons (Fsp3) is 0.231. The average molecular weight is 451 g/mol. The number of nitrogens with zero attached hydrogens (tertiary/aromatic N) is 1. The van der Waals surface area contributed by atoms with Crippen LogP contribution in [0.2, 0.25) is 5.02 Å². The molecule has 0 unspecified atom stereocenters. The number of anilines is 1. The second kappa shape index (κ2) is 9.23. The van der Waals surface area contributed by atoms with Crippen molar-refractivity contribution < 1.29 is 14.0 Å². The molecule has 1 aliphatic heterocycles. The van der Waals surface area contributed by atoms with Gasteiger partial charge in [-0.15, -0.1) is 0 Å². The highest BCUT2D eigenvalue weighted by molar-refractivity contribution is 6.31. The van der Waals surface area contributed by atoms with Crippen molar-refractivity contribution in [1.29, 1.82) is 0 Å². The smallest absolute Gasteiger partial charge is 0.244 e. The van der Waals surface area contributed by atoms with E-state index in [1.54, 1.807) is 48.5 Å². The molecule has 0 spiro atoms. The van der Waals surface area contributed by atoms with Crippen molar-refractivity contribution in [3.05, 3.63) is 100 Å². The normalized spacial score (nSPS) is 18.5. The van der Waals surface area contributed by atoms with E-state index < -0.39 is 5.54 Å². The first-order chi connectivity index (χ1) is 15.4. The Morgan fingerprint density at radius 2 is 1.84 bits per heavy atom. The molecule has 1 atom stereocenters. The highest BCUT2D eigenvalue weighted by atomic mass is 35.5. The predicted octanol–water partition coefficient (Wildman–Crippen LogP) is 5.70. The standard InChI is InChI=1S/C26H24ClFN2O2/c1-26(13-6-14-30(26)17-18-7-5-10-21(28)15-18)25(32)29-23-12-11-20(27)16-22(23)24(31)19-8-3-2-4-9-19/h2-5,7-12,15-16H,6,13-14,17H2,1H3,(H,29,32)/t26-/m1/s1. The lowest BCUT2D eigenvalue weighted by Crippen LogP contribution is -2.50. The number of ketones is 1. The summed E-state index contributed by atoms with van der Waals surface area (Å²) in [5.41, 5.74) is 1.32. The number of likely N-dealkylation sites (tertiary alicyclic amines) is 1. The minimum absolute atomic E-state index is 0.198. The summed E-state index contributed by atoms with van der Waals surface area (Å²) in [6, 6.07) is 20.2. The molecule has 1 fully saturated rings. The third kappa shape index (κ3) is 4.59. The van der Waals surface area contributed by atoms with Crippen LogP contribution in [0.1, 0.15) is 41.3 Å². The van der Waals surface area contributed by atoms with Crippen molar-refractivity contribution in [1.82, 2.24) is 4.90 Å². The van der Waals surface area contributed by atoms with Gasteiger partial charge in [0.1, 0.15) is 5.82 Å². The number of nitrogens with one attached hydrogen (secondary N) is 1. The third-order valence-corrected chi connectivity index (χ3v) is 6.29. The van der Waals surface area contributed by atoms with Gasteiger partial charge in [0.15, 0.2) is 5.78 Å². The van der Waals surface area contributed by atoms with Crippen molar-refractivity contribution in [3.8, 4) is 0 Å². The van der Waals surface area contributed by atoms with E-state index in [1.165, 1.54) is 12.1 Å². The Morgan fingerprint density at radius 3 is 2.59 bits per heavy atom. The molecule has 32 heavy (non-hydrogen) atoms. The zero-order valence-corrected chi connectivity index (χ0v) is 18.5. The van der Waals surface area contributed by atoms with E-state index in [1.807, 2.05) is 19.1 Å². The van der Waals surface area contributed by atoms with Gasteiger partial charge in [-0.3, -0.25) is 14.5 Å². The summed E-state index contributed by atoms with van der Waals surface area (Å²) in [5.74, 6) is -0.703. The average Bonchev–Trinajstić information content (AvgIpc) is 3.16. The summed E-state index contributed by atoms with van der Waals surface area (Å²) < 4.78 is 13.6. The molecule has 4 rings (SSSR count). The van der Waals surface area contributed by atoms with E-state index in [0.717, 1.165) is 18.5 Å². The first-order valence-corrected chi connectivity index (χ1v) is 10.9. The highest BCUT2D eigenvalue weighted by Gasteiger charge is 2.43. The Labute approximate surface area is 192 Å². The van der Waals surface area contributed by atoms with Crippen LogP contribution < -0.4 is 5.32 Å². The van der Waals surface area contributed by atoms with Crippen molar-refractivity contribution in [3.63, 3.8) is 0 Å². The Bertz CT molecular complexity index is 1150. The zero-order valence-electron chi connectivity index (χ0n) is 17.8. The number of halogens is 2. The van der Waals surface area contributed by atoms with Gasteiger partial charge in [-0.2, -0.15) is 0 Å². The largest absolute Gasteiger partial charge is 0.324 e. The molecule has 1 heterocycles. The summed E-state index contributed by atoms with van der Waals surface area (Å²) in [4.78, 5) is 28.6. The first kappa shape index (κ1) is 22.2. The second-order valence-electron chi connectivity index (χ2n) is 8.27. The molecule has 0 radical (unpaired) electrons. The molecule has 1 N–H and O–H groups in total. The summed E-state index contributed by atoms with van der Waals surface area (Å²) in [6.45, 7) is 3.10. The van der Waals surface area contributed by atoms with Gasteiger partial charge in [0, 0.05) is 22.7 Å². The number of hydrogen-bond donors (Lipinski definition) is 1. The van der Waals surface area contributed by atoms with E-state index in [9.17, 15) is 14.0 Å². The fourth-order valence-corrected chi connectivity index (χ4v) is 4.37. The van der Waals surface area contributed by atoms with Crippen molar-refractivity contribution in [2.75, 3.05) is 11.9 Å². The lowest BCUT2D eigenvalue weighted by Gasteiger charge is -2.34. The van der Waals surface area contributed by atoms with Crippen LogP contribution in [0, 0.1) is 5.82 Å². The summed E-state index contributed by atoms with van der Waals surface area (Å²) >= 11 is 6.16. The van der Waals surface area contributed by atoms with Crippen LogP contribution in [-0.2, 0) is 11.3 Å². The number of carbonyl (C=O) groups excluding carboxylic acids is 2. The van der Waals surface area contributed by atoms with Crippen LogP contribution in [0.15, 0.2) is 72.8 Å². The first-order valence-electron chi connectivity index (χ1n) is 10.6. The van der Waals surface area contributed by atoms with E-state index in [-0.39, 0.29) is 17.5 Å². The van der Waals surface area contributed by atoms with Crippen LogP contribution in [0.5, 0.6) is 0 Å². The summed E-state index contributed by atoms with van der Waals surface area (Å²) in [7, 11) is 0. The quantitative estimate of drug-likeness (QED) is 0.490. The Morgan fingerprint density at radius 1 is 1.06 bits per heavy atom. The maximum Gasteiger partial charge on any atom is 0.244 e. The van der Waals surface area contributed by atoms with Gasteiger partial charge in [-0.25, -0.2) is 4.39 Å². The summed E-state index contributed by atoms with van der Waals surface area (Å²) in [5, 5.41) is 3.38. The maximum atomic E-state index is 13.6. The molecule has 6 heteroatoms. The molecule has 0 bridgehead atoms. The zero-order chi connectivity index (χ0) is 22.7. The van der Waals surface area contributed by atoms with Crippen LogP contribution in [-0.4, -0.2) is 28.7 Å². The lowest BCUT2D eigenvalue weighted by molar-refractivity contribution is -0.125. The molecule has 1 amide bonds. The van der Waals surface area contributed by atoms with Gasteiger partial charge in [0.25, 0.3) is 0 Å². The molecule has 3 aromatic rings. The predicted molar refractivity (Wildman–Crippen MR) is 124 cm³/mol. The van der Waals surface area contributed by atoms with Gasteiger partial charge >= 0.3 is 0 Å². The molecular formula is C26H24ClFN2O2. The van der Waals surface area contributed by atoms with E-state index >= 15 is 0 Å². The van der Waals surface area contributed by atoms with Gasteiger partial charge in [0.2, 0.25) is 5.91 Å². The second-order valence-corrected chi connectivity index (χ2v) is 8.70. The number of hydrogen-bond acceptors (Lipinski definition) is 3. The molecule has 4 nitrogen and oxygen atoms in total. The Hall–Kier alpha value is -3.02. The van der Waals surface area contributed by atoms with Crippen LogP contribution in [0.3, 0.4) is 0 Å². The van der Waals surface area contributed by atoms with E-state index in [0.29, 0.717) is 34.8 Å². The van der Waals surface area contributed by atoms with Crippen LogP contribution in [0.25, 0.3) is 0 Å². The van der Waals surface area contributed by atoms with Crippen LogP contribution in [0.4, 0.5) is 10.1 Å². The molecular weight excluding hydrogens is 427 g/mol. The van der Waals surface area contributed by atoms with E-state index in [2.05, 4.69) is 10.2 Å². The third-order valence-electron chi connectivity index (χ3n) is 6.05. The summed E-state index contributed by atoms with van der Waals surface area (Å²) in [6.07, 6.45) is 1.53. The minimum Gasteiger partial charge on any atom is -0.324 e. The number of rotatable bonds is 6. The monoisotopic (exact) mass is 450 g/mol. The lowest BCUT2D eigenvalue weighted by atomic mass is 9.96. The Kier molecular flexibility index (Phi) is 6.40. The molecule has 164 valence electrons. The minimum atomic E-state index is -0.779. The number of carbonyl (C=O) groups is 2. The van der Waals surface area contributed by atoms with Crippen molar-refractivity contribution >= 4 is 29.0 Å². The maximum absolute atomic E-state index is 13.6. The topological polar surface area (TPSA) is 49.4 Å². The van der Waals surface area contributed by atoms with Crippen molar-refractivity contribution in [2.45, 2.75) is 31.8 Å². The van der Waals surface area contributed by atoms with Crippen LogP contribution >= 0.6 is 11.6 Å². The number of amides is 1. The molecule has 0 aromatic heterocycles. The van der Waals surface area contributed by atoms with Gasteiger partial charge in [0.05, 0.1) is 11.2 Å². The molecule has 0 aliphatic carbocycles. The van der Waals surface area contributed by atoms with Crippen molar-refractivity contribution in [2.24, 2.45) is 0 Å². The molecule has 3 aromatic carbocycles. The molecule has 0 saturated carbocycles. The Balaban J connectivity index is 1.58. The highest BCUT2D eigenvalue weighted by Crippen LogP contribution is 2.33. The van der Waals surface area contributed by atoms with Gasteiger partial charge < -0.3 is 5.32 Å².